The number of halogens is 1. The van der Waals surface area contributed by atoms with Crippen molar-refractivity contribution in [1.82, 2.24) is 9.21 Å². The molecule has 1 aromatic carbocycles. The van der Waals surface area contributed by atoms with E-state index in [-0.39, 0.29) is 24.1 Å². The van der Waals surface area contributed by atoms with E-state index in [4.69, 9.17) is 5.73 Å². The lowest BCUT2D eigenvalue weighted by Crippen LogP contribution is -2.59. The number of hydrogen-bond donors (Lipinski definition) is 1. The number of benzene rings is 1. The lowest BCUT2D eigenvalue weighted by molar-refractivity contribution is -0.138. The van der Waals surface area contributed by atoms with Crippen LogP contribution in [0.15, 0.2) is 30.3 Å². The van der Waals surface area contributed by atoms with Crippen molar-refractivity contribution in [3.63, 3.8) is 0 Å². The van der Waals surface area contributed by atoms with E-state index in [2.05, 4.69) is 0 Å². The van der Waals surface area contributed by atoms with E-state index in [1.165, 1.54) is 4.31 Å². The van der Waals surface area contributed by atoms with Crippen LogP contribution in [0.1, 0.15) is 31.2 Å². The first kappa shape index (κ1) is 20.2. The topological polar surface area (TPSA) is 83.7 Å². The molecule has 1 aliphatic carbocycles. The molecule has 2 N–H and O–H groups in total. The van der Waals surface area contributed by atoms with Gasteiger partial charge in [0.05, 0.1) is 11.3 Å². The fraction of sp³-hybridized carbons (Fsp3) is 0.588. The van der Waals surface area contributed by atoms with E-state index in [1.54, 1.807) is 4.90 Å². The highest BCUT2D eigenvalue weighted by Crippen LogP contribution is 2.29. The number of nitrogens with two attached hydrogens (primary N) is 1. The van der Waals surface area contributed by atoms with E-state index in [9.17, 15) is 13.2 Å². The van der Waals surface area contributed by atoms with E-state index in [0.29, 0.717) is 26.2 Å². The predicted octanol–water partition coefficient (Wildman–Crippen LogP) is 1.35. The summed E-state index contributed by atoms with van der Waals surface area (Å²) in [7, 11) is -3.36. The van der Waals surface area contributed by atoms with Gasteiger partial charge in [0.25, 0.3) is 0 Å². The summed E-state index contributed by atoms with van der Waals surface area (Å²) < 4.78 is 26.6. The SMILES string of the molecule is Cl.NC1(C(=O)N2CCN(S(=O)(=O)Cc3ccccc3)CC2)CCCC1. The van der Waals surface area contributed by atoms with Crippen molar-refractivity contribution in [1.29, 1.82) is 0 Å². The van der Waals surface area contributed by atoms with Gasteiger partial charge in [-0.2, -0.15) is 4.31 Å². The Balaban J connectivity index is 0.00000225. The average Bonchev–Trinajstić information content (AvgIpc) is 3.03. The number of amides is 1. The summed E-state index contributed by atoms with van der Waals surface area (Å²) in [6.45, 7) is 1.53. The van der Waals surface area contributed by atoms with Gasteiger partial charge in [0.2, 0.25) is 15.9 Å². The Morgan fingerprint density at radius 3 is 2.16 bits per heavy atom. The molecule has 1 heterocycles. The Labute approximate surface area is 155 Å². The molecule has 0 atom stereocenters. The van der Waals surface area contributed by atoms with Crippen LogP contribution in [0.4, 0.5) is 0 Å². The summed E-state index contributed by atoms with van der Waals surface area (Å²) >= 11 is 0. The summed E-state index contributed by atoms with van der Waals surface area (Å²) in [5.74, 6) is -0.0112. The van der Waals surface area contributed by atoms with Gasteiger partial charge in [-0.25, -0.2) is 8.42 Å². The smallest absolute Gasteiger partial charge is 0.242 e. The van der Waals surface area contributed by atoms with Crippen LogP contribution in [0.25, 0.3) is 0 Å². The molecule has 8 heteroatoms. The first-order valence-electron chi connectivity index (χ1n) is 8.51. The molecule has 2 aliphatic rings. The maximum absolute atomic E-state index is 12.6. The molecule has 1 amide bonds. The average molecular weight is 388 g/mol. The number of rotatable bonds is 4. The molecule has 1 aliphatic heterocycles. The minimum atomic E-state index is -3.36. The summed E-state index contributed by atoms with van der Waals surface area (Å²) in [5.41, 5.74) is 6.28. The van der Waals surface area contributed by atoms with Gasteiger partial charge < -0.3 is 10.6 Å². The fourth-order valence-corrected chi connectivity index (χ4v) is 5.10. The van der Waals surface area contributed by atoms with Crippen molar-refractivity contribution in [3.8, 4) is 0 Å². The molecule has 0 radical (unpaired) electrons. The highest BCUT2D eigenvalue weighted by Gasteiger charge is 2.41. The van der Waals surface area contributed by atoms with Crippen molar-refractivity contribution < 1.29 is 13.2 Å². The van der Waals surface area contributed by atoms with E-state index in [0.717, 1.165) is 31.2 Å². The predicted molar refractivity (Wildman–Crippen MR) is 99.9 cm³/mol. The standard InChI is InChI=1S/C17H25N3O3S.ClH/c18-17(8-4-5-9-17)16(21)19-10-12-20(13-11-19)24(22,23)14-15-6-2-1-3-7-15;/h1-3,6-7H,4-5,8-14,18H2;1H. The zero-order valence-electron chi connectivity index (χ0n) is 14.3. The van der Waals surface area contributed by atoms with Crippen molar-refractivity contribution >= 4 is 28.3 Å². The number of piperazine rings is 1. The second kappa shape index (κ2) is 8.03. The maximum atomic E-state index is 12.6. The van der Waals surface area contributed by atoms with Crippen LogP contribution in [0.5, 0.6) is 0 Å². The van der Waals surface area contributed by atoms with Crippen molar-refractivity contribution in [3.05, 3.63) is 35.9 Å². The van der Waals surface area contributed by atoms with E-state index >= 15 is 0 Å². The molecule has 25 heavy (non-hydrogen) atoms. The first-order valence-corrected chi connectivity index (χ1v) is 10.1. The van der Waals surface area contributed by atoms with Crippen LogP contribution >= 0.6 is 12.4 Å². The Morgan fingerprint density at radius 1 is 1.04 bits per heavy atom. The zero-order valence-corrected chi connectivity index (χ0v) is 15.9. The van der Waals surface area contributed by atoms with Crippen LogP contribution < -0.4 is 5.73 Å². The highest BCUT2D eigenvalue weighted by atomic mass is 35.5. The molecule has 2 fully saturated rings. The highest BCUT2D eigenvalue weighted by molar-refractivity contribution is 7.88. The third-order valence-electron chi connectivity index (χ3n) is 5.03. The summed E-state index contributed by atoms with van der Waals surface area (Å²) in [6, 6.07) is 9.17. The van der Waals surface area contributed by atoms with Gasteiger partial charge in [-0.15, -0.1) is 12.4 Å². The van der Waals surface area contributed by atoms with Gasteiger partial charge in [0.1, 0.15) is 0 Å². The van der Waals surface area contributed by atoms with Crippen LogP contribution in [0.2, 0.25) is 0 Å². The fourth-order valence-electron chi connectivity index (χ4n) is 3.58. The summed E-state index contributed by atoms with van der Waals surface area (Å²) in [4.78, 5) is 14.3. The van der Waals surface area contributed by atoms with Gasteiger partial charge in [0, 0.05) is 26.2 Å². The van der Waals surface area contributed by atoms with Gasteiger partial charge in [-0.3, -0.25) is 4.79 Å². The Hall–Kier alpha value is -1.15. The molecule has 0 unspecified atom stereocenters. The van der Waals surface area contributed by atoms with Gasteiger partial charge in [-0.1, -0.05) is 43.2 Å². The molecule has 1 aromatic rings. The summed E-state index contributed by atoms with van der Waals surface area (Å²) in [5, 5.41) is 0. The zero-order chi connectivity index (χ0) is 17.2. The maximum Gasteiger partial charge on any atom is 0.242 e. The third kappa shape index (κ3) is 4.53. The quantitative estimate of drug-likeness (QED) is 0.845. The Kier molecular flexibility index (Phi) is 6.48. The summed E-state index contributed by atoms with van der Waals surface area (Å²) in [6.07, 6.45) is 3.46. The van der Waals surface area contributed by atoms with Crippen molar-refractivity contribution in [2.45, 2.75) is 37.0 Å². The van der Waals surface area contributed by atoms with Crippen LogP contribution in [0.3, 0.4) is 0 Å². The molecule has 1 saturated heterocycles. The van der Waals surface area contributed by atoms with E-state index < -0.39 is 15.6 Å². The Bertz CT molecular complexity index is 682. The molecule has 1 saturated carbocycles. The molecular formula is C17H26ClN3O3S. The molecule has 140 valence electrons. The molecular weight excluding hydrogens is 362 g/mol. The van der Waals surface area contributed by atoms with Crippen LogP contribution in [-0.2, 0) is 20.6 Å². The minimum Gasteiger partial charge on any atom is -0.338 e. The van der Waals surface area contributed by atoms with Crippen molar-refractivity contribution in [2.24, 2.45) is 5.73 Å². The number of carbonyl (C=O) groups is 1. The van der Waals surface area contributed by atoms with Crippen LogP contribution in [-0.4, -0.2) is 55.2 Å². The number of nitrogens with zero attached hydrogens (tertiary/aromatic N) is 2. The van der Waals surface area contributed by atoms with Gasteiger partial charge >= 0.3 is 0 Å². The van der Waals surface area contributed by atoms with Crippen molar-refractivity contribution in [2.75, 3.05) is 26.2 Å². The van der Waals surface area contributed by atoms with E-state index in [1.807, 2.05) is 30.3 Å². The molecule has 0 spiro atoms. The van der Waals surface area contributed by atoms with Gasteiger partial charge in [0.15, 0.2) is 0 Å². The lowest BCUT2D eigenvalue weighted by Gasteiger charge is -2.37. The van der Waals surface area contributed by atoms with Gasteiger partial charge in [-0.05, 0) is 18.4 Å². The monoisotopic (exact) mass is 387 g/mol. The number of sulfonamides is 1. The second-order valence-corrected chi connectivity index (χ2v) is 8.77. The number of hydrogen-bond acceptors (Lipinski definition) is 4. The second-order valence-electron chi connectivity index (χ2n) is 6.80. The normalized spacial score (nSPS) is 20.9. The molecule has 0 bridgehead atoms. The molecule has 0 aromatic heterocycles. The van der Waals surface area contributed by atoms with Crippen LogP contribution in [0, 0.1) is 0 Å². The molecule has 3 rings (SSSR count). The first-order chi connectivity index (χ1) is 11.4. The third-order valence-corrected chi connectivity index (χ3v) is 6.88. The molecule has 6 nitrogen and oxygen atoms in total. The number of carbonyl (C=O) groups excluding carboxylic acids is 1. The lowest BCUT2D eigenvalue weighted by atomic mass is 9.97. The minimum absolute atomic E-state index is 0. The Morgan fingerprint density at radius 2 is 1.60 bits per heavy atom. The largest absolute Gasteiger partial charge is 0.338 e.